The zero-order chi connectivity index (χ0) is 54.2. The Balaban J connectivity index is 0.000000190. The number of nitrogens with zero attached hydrogens (tertiary/aromatic N) is 2. The zero-order valence-electron chi connectivity index (χ0n) is 43.4. The summed E-state index contributed by atoms with van der Waals surface area (Å²) in [5.74, 6) is 0. The molecule has 2 N–H and O–H groups in total. The van der Waals surface area contributed by atoms with Crippen molar-refractivity contribution in [2.24, 2.45) is 9.98 Å². The van der Waals surface area contributed by atoms with Gasteiger partial charge in [-0.25, -0.2) is 0 Å². The maximum absolute atomic E-state index is 15.0. The lowest BCUT2D eigenvalue weighted by molar-refractivity contribution is 0.521. The van der Waals surface area contributed by atoms with Crippen molar-refractivity contribution in [2.45, 2.75) is 38.0 Å². The Bertz CT molecular complexity index is 3190. The molecule has 0 saturated carbocycles. The summed E-state index contributed by atoms with van der Waals surface area (Å²) in [4.78, 5) is 10.6. The van der Waals surface area contributed by atoms with Gasteiger partial charge in [-0.3, -0.25) is 29.3 Å². The molecule has 78 heavy (non-hydrogen) atoms. The molecule has 0 radical (unpaired) electrons. The Kier molecular flexibility index (Phi) is 19.2. The molecular weight excluding hydrogens is 1130 g/mol. The Morgan fingerprint density at radius 3 is 0.744 bits per heavy atom. The molecule has 0 aliphatic carbocycles. The van der Waals surface area contributed by atoms with E-state index < -0.39 is 14.6 Å². The van der Waals surface area contributed by atoms with Gasteiger partial charge in [-0.15, -0.1) is 0 Å². The first-order valence-electron chi connectivity index (χ1n) is 26.0. The number of benzene rings is 10. The Labute approximate surface area is 476 Å². The van der Waals surface area contributed by atoms with Gasteiger partial charge >= 0.3 is 0 Å². The van der Waals surface area contributed by atoms with Gasteiger partial charge in [0.2, 0.25) is 14.6 Å². The Morgan fingerprint density at radius 1 is 0.321 bits per heavy atom. The van der Waals surface area contributed by atoms with Gasteiger partial charge < -0.3 is 0 Å². The fourth-order valence-electron chi connectivity index (χ4n) is 9.37. The van der Waals surface area contributed by atoms with Crippen molar-refractivity contribution in [3.63, 3.8) is 0 Å². The summed E-state index contributed by atoms with van der Waals surface area (Å²) in [5, 5.41) is 10.3. The van der Waals surface area contributed by atoms with Crippen LogP contribution in [-0.4, -0.2) is 23.5 Å². The number of halogens is 2. The summed E-state index contributed by atoms with van der Waals surface area (Å²) in [6.45, 7) is 4.18. The van der Waals surface area contributed by atoms with Gasteiger partial charge in [0.05, 0.1) is 35.6 Å². The quantitative estimate of drug-likeness (QED) is 0.0662. The summed E-state index contributed by atoms with van der Waals surface area (Å²) in [6.07, 6.45) is 0. The molecule has 0 aromatic heterocycles. The molecule has 0 amide bonds. The van der Waals surface area contributed by atoms with Crippen LogP contribution in [0.2, 0.25) is 0 Å². The van der Waals surface area contributed by atoms with E-state index in [-0.39, 0.29) is 24.2 Å². The van der Waals surface area contributed by atoms with Gasteiger partial charge in [0.1, 0.15) is 0 Å². The number of hydrogen-bond donors (Lipinski definition) is 2. The van der Waals surface area contributed by atoms with Crippen LogP contribution in [0, 0.1) is 0 Å². The topological polar surface area (TPSA) is 82.9 Å². The molecule has 0 aliphatic heterocycles. The summed E-state index contributed by atoms with van der Waals surface area (Å²) < 4.78 is 32.0. The van der Waals surface area contributed by atoms with Crippen LogP contribution < -0.4 is 31.4 Å². The second kappa shape index (κ2) is 27.0. The molecule has 10 rings (SSSR count). The van der Waals surface area contributed by atoms with Gasteiger partial charge in [-0.2, -0.15) is 0 Å². The number of nitrogens with one attached hydrogen (secondary N) is 2. The maximum atomic E-state index is 15.0. The summed E-state index contributed by atoms with van der Waals surface area (Å²) in [6, 6.07) is 94.9. The maximum Gasteiger partial charge on any atom is 0.205 e. The molecule has 388 valence electrons. The second-order valence-corrected chi connectivity index (χ2v) is 25.6. The average Bonchev–Trinajstić information content (AvgIpc) is 3.55. The van der Waals surface area contributed by atoms with E-state index in [2.05, 4.69) is 129 Å². The SMILES string of the molecule is C[C@@H](N=C(c1ccccc1)c1ccccc1)[C@@H](NP(=O)(c1ccccc1)c1ccccc1)c1ccc(Br)cc1.C[C@@H](N=C(c1ccccc1)c1ccccc1)[C@@H](NP(=O)(c1ccccc1)c1ccccc1)c1ccc(Br)cc1. The first kappa shape index (κ1) is 55.6. The first-order valence-corrected chi connectivity index (χ1v) is 31.0. The molecule has 0 spiro atoms. The second-order valence-electron chi connectivity index (χ2n) is 18.8. The van der Waals surface area contributed by atoms with Crippen LogP contribution in [0.1, 0.15) is 59.3 Å². The van der Waals surface area contributed by atoms with E-state index in [9.17, 15) is 0 Å². The molecule has 0 heterocycles. The van der Waals surface area contributed by atoms with Gasteiger partial charge in [-0.05, 0) is 97.8 Å². The highest BCUT2D eigenvalue weighted by atomic mass is 79.9. The third-order valence-electron chi connectivity index (χ3n) is 13.4. The molecule has 4 atom stereocenters. The molecule has 6 nitrogen and oxygen atoms in total. The van der Waals surface area contributed by atoms with E-state index in [1.807, 2.05) is 218 Å². The van der Waals surface area contributed by atoms with Crippen LogP contribution in [-0.2, 0) is 9.13 Å². The normalized spacial score (nSPS) is 12.9. The van der Waals surface area contributed by atoms with Crippen molar-refractivity contribution in [3.05, 3.63) is 334 Å². The predicted molar refractivity (Wildman–Crippen MR) is 336 cm³/mol. The summed E-state index contributed by atoms with van der Waals surface area (Å²) in [7, 11) is -6.46. The van der Waals surface area contributed by atoms with E-state index in [1.165, 1.54) is 0 Å². The van der Waals surface area contributed by atoms with Gasteiger partial charge in [0.15, 0.2) is 0 Å². The third kappa shape index (κ3) is 13.9. The smallest absolute Gasteiger partial charge is 0.205 e. The number of hydrogen-bond acceptors (Lipinski definition) is 4. The van der Waals surface area contributed by atoms with E-state index >= 15 is 9.13 Å². The molecular formula is C68H60Br2N4O2P2. The van der Waals surface area contributed by atoms with Crippen molar-refractivity contribution in [3.8, 4) is 0 Å². The highest BCUT2D eigenvalue weighted by Crippen LogP contribution is 2.45. The van der Waals surface area contributed by atoms with Crippen molar-refractivity contribution in [2.75, 3.05) is 0 Å². The third-order valence-corrected chi connectivity index (χ3v) is 19.8. The molecule has 10 aromatic carbocycles. The van der Waals surface area contributed by atoms with E-state index in [0.717, 1.165) is 75.0 Å². The van der Waals surface area contributed by atoms with E-state index in [1.54, 1.807) is 0 Å². The van der Waals surface area contributed by atoms with Gasteiger partial charge in [0, 0.05) is 52.4 Å². The fraction of sp³-hybridized carbons (Fsp3) is 0.0882. The van der Waals surface area contributed by atoms with Gasteiger partial charge in [0.25, 0.3) is 0 Å². The van der Waals surface area contributed by atoms with Crippen molar-refractivity contribution < 1.29 is 9.13 Å². The highest BCUT2D eigenvalue weighted by molar-refractivity contribution is 9.10. The molecule has 0 saturated heterocycles. The lowest BCUT2D eigenvalue weighted by Crippen LogP contribution is -2.35. The molecule has 0 unspecified atom stereocenters. The zero-order valence-corrected chi connectivity index (χ0v) is 48.3. The first-order chi connectivity index (χ1) is 38.1. The van der Waals surface area contributed by atoms with Crippen molar-refractivity contribution in [1.82, 2.24) is 10.2 Å². The Morgan fingerprint density at radius 2 is 0.526 bits per heavy atom. The van der Waals surface area contributed by atoms with Crippen LogP contribution in [0.25, 0.3) is 0 Å². The van der Waals surface area contributed by atoms with Crippen molar-refractivity contribution in [1.29, 1.82) is 0 Å². The van der Waals surface area contributed by atoms with Gasteiger partial charge in [-0.1, -0.05) is 250 Å². The average molecular weight is 1190 g/mol. The Hall–Kier alpha value is -7.12. The van der Waals surface area contributed by atoms with Crippen LogP contribution in [0.4, 0.5) is 0 Å². The minimum Gasteiger partial charge on any atom is -0.297 e. The van der Waals surface area contributed by atoms with Crippen molar-refractivity contribution >= 4 is 79.1 Å². The van der Waals surface area contributed by atoms with Crippen LogP contribution >= 0.6 is 46.4 Å². The minimum absolute atomic E-state index is 0.248. The van der Waals surface area contributed by atoms with E-state index in [4.69, 9.17) is 9.98 Å². The fourth-order valence-corrected chi connectivity index (χ4v) is 15.0. The monoisotopic (exact) mass is 1180 g/mol. The number of aliphatic imine (C=N–C) groups is 2. The molecule has 10 heteroatoms. The lowest BCUT2D eigenvalue weighted by atomic mass is 9.99. The molecule has 0 fully saturated rings. The molecule has 0 bridgehead atoms. The summed E-state index contributed by atoms with van der Waals surface area (Å²) >= 11 is 7.13. The minimum atomic E-state index is -3.23. The van der Waals surface area contributed by atoms with Crippen LogP contribution in [0.15, 0.2) is 310 Å². The highest BCUT2D eigenvalue weighted by Gasteiger charge is 2.35. The summed E-state index contributed by atoms with van der Waals surface area (Å²) in [5.41, 5.74) is 8.00. The predicted octanol–water partition coefficient (Wildman–Crippen LogP) is 15.9. The molecule has 10 aromatic rings. The lowest BCUT2D eigenvalue weighted by Gasteiger charge is -2.30. The standard InChI is InChI=1S/2C34H30BrN2OP/c2*1-26(36-34(27-14-6-2-7-15-27)28-16-8-3-9-17-28)33(29-22-24-30(35)25-23-29)37-39(38,31-18-10-4-11-19-31)32-20-12-5-13-21-32/h2*2-26,33H,1H3,(H,37,38)/t2*26-,33-/m11/s1. The van der Waals surface area contributed by atoms with Crippen LogP contribution in [0.5, 0.6) is 0 Å². The van der Waals surface area contributed by atoms with E-state index in [0.29, 0.717) is 0 Å². The number of rotatable bonds is 18. The molecule has 0 aliphatic rings. The van der Waals surface area contributed by atoms with Crippen LogP contribution in [0.3, 0.4) is 0 Å². The largest absolute Gasteiger partial charge is 0.297 e.